The molecule has 9 heteroatoms. The Morgan fingerprint density at radius 3 is 2.43 bits per heavy atom. The van der Waals surface area contributed by atoms with Gasteiger partial charge in [-0.2, -0.15) is 0 Å². The molecule has 1 atom stereocenters. The molecule has 0 unspecified atom stereocenters. The maximum absolute atomic E-state index is 13.6. The number of aromatic nitrogens is 2. The van der Waals surface area contributed by atoms with Crippen molar-refractivity contribution < 1.29 is 17.5 Å². The summed E-state index contributed by atoms with van der Waals surface area (Å²) in [5, 5.41) is 0.477. The summed E-state index contributed by atoms with van der Waals surface area (Å²) in [4.78, 5) is 7.17. The van der Waals surface area contributed by atoms with Gasteiger partial charge in [0.05, 0.1) is 17.3 Å². The molecular weight excluding hydrogens is 426 g/mol. The minimum atomic E-state index is -3.51. The number of imidazole rings is 1. The van der Waals surface area contributed by atoms with E-state index in [0.29, 0.717) is 16.3 Å². The van der Waals surface area contributed by atoms with Crippen molar-refractivity contribution in [2.75, 3.05) is 6.26 Å². The van der Waals surface area contributed by atoms with Crippen LogP contribution >= 0.6 is 23.2 Å². The number of nitrogens with zero attached hydrogens (tertiary/aromatic N) is 1. The van der Waals surface area contributed by atoms with Crippen LogP contribution in [-0.2, 0) is 21.2 Å². The summed E-state index contributed by atoms with van der Waals surface area (Å²) in [6.07, 6.45) is 0.307. The molecule has 0 aliphatic heterocycles. The van der Waals surface area contributed by atoms with Gasteiger partial charge in [0.1, 0.15) is 17.7 Å². The van der Waals surface area contributed by atoms with Gasteiger partial charge in [-0.25, -0.2) is 17.8 Å². The molecule has 3 aromatic rings. The monoisotopic (exact) mass is 442 g/mol. The molecule has 0 amide bonds. The van der Waals surface area contributed by atoms with Crippen molar-refractivity contribution in [3.8, 4) is 0 Å². The van der Waals surface area contributed by atoms with Crippen molar-refractivity contribution in [2.24, 2.45) is 0 Å². The fourth-order valence-corrected chi connectivity index (χ4v) is 3.91. The molecule has 0 saturated carbocycles. The first kappa shape index (κ1) is 20.8. The zero-order valence-electron chi connectivity index (χ0n) is 15.0. The summed E-state index contributed by atoms with van der Waals surface area (Å²) in [7, 11) is -3.51. The summed E-state index contributed by atoms with van der Waals surface area (Å²) >= 11 is 11.8. The molecule has 2 aromatic carbocycles. The van der Waals surface area contributed by atoms with Crippen LogP contribution in [0, 0.1) is 12.7 Å². The fraction of sp³-hybridized carbons (Fsp3) is 0.211. The minimum Gasteiger partial charge on any atom is -0.361 e. The van der Waals surface area contributed by atoms with E-state index < -0.39 is 21.8 Å². The average Bonchev–Trinajstić information content (AvgIpc) is 3.01. The summed E-state index contributed by atoms with van der Waals surface area (Å²) in [5.41, 5.74) is 1.79. The number of hydrogen-bond acceptors (Lipinski definition) is 4. The van der Waals surface area contributed by atoms with Crippen molar-refractivity contribution >= 4 is 33.0 Å². The zero-order valence-corrected chi connectivity index (χ0v) is 17.4. The molecule has 3 rings (SSSR count). The highest BCUT2D eigenvalue weighted by Crippen LogP contribution is 2.30. The topological polar surface area (TPSA) is 72.0 Å². The standard InChI is InChI=1S/C19H17Cl2FN2O3S/c1-11-19(28(2,25)26)24-18(23-11)17(13-5-8-16(22)15(21)9-13)27-10-12-3-6-14(20)7-4-12/h3-9,17H,10H2,1-2H3,(H,23,24)/t17-/m0/s1. The molecule has 0 aliphatic rings. The molecule has 0 aliphatic carbocycles. The van der Waals surface area contributed by atoms with Crippen LogP contribution in [0.15, 0.2) is 47.5 Å². The second-order valence-corrected chi connectivity index (χ2v) is 9.09. The maximum atomic E-state index is 13.6. The lowest BCUT2D eigenvalue weighted by Crippen LogP contribution is -2.09. The highest BCUT2D eigenvalue weighted by molar-refractivity contribution is 7.90. The Labute approximate surface area is 172 Å². The van der Waals surface area contributed by atoms with Crippen molar-refractivity contribution in [1.82, 2.24) is 9.97 Å². The summed E-state index contributed by atoms with van der Waals surface area (Å²) in [6.45, 7) is 1.81. The van der Waals surface area contributed by atoms with Crippen molar-refractivity contribution in [3.05, 3.63) is 81.0 Å². The first-order valence-electron chi connectivity index (χ1n) is 8.22. The number of hydrogen-bond donors (Lipinski definition) is 1. The molecular formula is C19H17Cl2FN2O3S. The third-order valence-corrected chi connectivity index (χ3v) is 5.68. The molecule has 28 heavy (non-hydrogen) atoms. The second kappa shape index (κ2) is 8.21. The highest BCUT2D eigenvalue weighted by Gasteiger charge is 2.24. The second-order valence-electron chi connectivity index (χ2n) is 6.32. The van der Waals surface area contributed by atoms with E-state index in [1.165, 1.54) is 18.2 Å². The lowest BCUT2D eigenvalue weighted by atomic mass is 10.1. The number of H-pyrrole nitrogens is 1. The van der Waals surface area contributed by atoms with Crippen molar-refractivity contribution in [2.45, 2.75) is 24.7 Å². The number of aromatic amines is 1. The van der Waals surface area contributed by atoms with Gasteiger partial charge < -0.3 is 9.72 Å². The molecule has 0 saturated heterocycles. The van der Waals surface area contributed by atoms with Crippen LogP contribution in [0.1, 0.15) is 28.7 Å². The molecule has 148 valence electrons. The smallest absolute Gasteiger partial charge is 0.194 e. The summed E-state index contributed by atoms with van der Waals surface area (Å²) < 4.78 is 43.5. The number of benzene rings is 2. The lowest BCUT2D eigenvalue weighted by molar-refractivity contribution is 0.0613. The van der Waals surface area contributed by atoms with Gasteiger partial charge >= 0.3 is 0 Å². The van der Waals surface area contributed by atoms with Crippen molar-refractivity contribution in [3.63, 3.8) is 0 Å². The fourth-order valence-electron chi connectivity index (χ4n) is 2.72. The molecule has 1 aromatic heterocycles. The number of nitrogens with one attached hydrogen (secondary N) is 1. The van der Waals surface area contributed by atoms with Gasteiger partial charge in [-0.3, -0.25) is 0 Å². The van der Waals surface area contributed by atoms with Gasteiger partial charge in [-0.05, 0) is 42.3 Å². The Balaban J connectivity index is 1.98. The van der Waals surface area contributed by atoms with Crippen LogP contribution < -0.4 is 0 Å². The van der Waals surface area contributed by atoms with E-state index in [1.807, 2.05) is 12.1 Å². The maximum Gasteiger partial charge on any atom is 0.194 e. The number of sulfone groups is 1. The van der Waals surface area contributed by atoms with E-state index in [-0.39, 0.29) is 22.5 Å². The van der Waals surface area contributed by atoms with Crippen LogP contribution in [0.4, 0.5) is 4.39 Å². The van der Waals surface area contributed by atoms with Gasteiger partial charge in [0.2, 0.25) is 0 Å². The van der Waals surface area contributed by atoms with E-state index in [4.69, 9.17) is 27.9 Å². The Morgan fingerprint density at radius 2 is 1.86 bits per heavy atom. The average molecular weight is 443 g/mol. The normalized spacial score (nSPS) is 12.9. The van der Waals surface area contributed by atoms with Crippen LogP contribution in [0.3, 0.4) is 0 Å². The van der Waals surface area contributed by atoms with E-state index >= 15 is 0 Å². The molecule has 5 nitrogen and oxygen atoms in total. The third kappa shape index (κ3) is 4.72. The van der Waals surface area contributed by atoms with E-state index in [2.05, 4.69) is 9.97 Å². The minimum absolute atomic E-state index is 0.0594. The zero-order chi connectivity index (χ0) is 20.5. The largest absolute Gasteiger partial charge is 0.361 e. The molecule has 0 fully saturated rings. The van der Waals surface area contributed by atoms with Gasteiger partial charge in [0.25, 0.3) is 0 Å². The number of halogens is 3. The van der Waals surface area contributed by atoms with Gasteiger partial charge in [-0.1, -0.05) is 41.4 Å². The Morgan fingerprint density at radius 1 is 1.18 bits per heavy atom. The SMILES string of the molecule is Cc1[nH]c([C@@H](OCc2ccc(Cl)cc2)c2ccc(F)c(Cl)c2)nc1S(C)(=O)=O. The van der Waals surface area contributed by atoms with E-state index in [0.717, 1.165) is 11.8 Å². The van der Waals surface area contributed by atoms with Crippen molar-refractivity contribution in [1.29, 1.82) is 0 Å². The molecule has 0 radical (unpaired) electrons. The molecule has 0 spiro atoms. The van der Waals surface area contributed by atoms with Crippen LogP contribution in [0.25, 0.3) is 0 Å². The number of ether oxygens (including phenoxy) is 1. The highest BCUT2D eigenvalue weighted by atomic mass is 35.5. The van der Waals surface area contributed by atoms with Crippen LogP contribution in [0.5, 0.6) is 0 Å². The van der Waals surface area contributed by atoms with Gasteiger partial charge in [-0.15, -0.1) is 0 Å². The Kier molecular flexibility index (Phi) is 6.09. The Bertz CT molecular complexity index is 1100. The Hall–Kier alpha value is -1.93. The summed E-state index contributed by atoms with van der Waals surface area (Å²) in [5.74, 6) is -0.274. The summed E-state index contributed by atoms with van der Waals surface area (Å²) in [6, 6.07) is 11.3. The third-order valence-electron chi connectivity index (χ3n) is 4.03. The lowest BCUT2D eigenvalue weighted by Gasteiger charge is -2.17. The van der Waals surface area contributed by atoms with E-state index in [1.54, 1.807) is 19.1 Å². The molecule has 0 bridgehead atoms. The molecule has 1 N–H and O–H groups in total. The van der Waals surface area contributed by atoms with Gasteiger partial charge in [0.15, 0.2) is 14.9 Å². The van der Waals surface area contributed by atoms with Crippen LogP contribution in [0.2, 0.25) is 10.0 Å². The number of aryl methyl sites for hydroxylation is 1. The van der Waals surface area contributed by atoms with Gasteiger partial charge in [0, 0.05) is 11.3 Å². The predicted molar refractivity (Wildman–Crippen MR) is 106 cm³/mol. The predicted octanol–water partition coefficient (Wildman–Crippen LogP) is 4.87. The number of rotatable bonds is 6. The van der Waals surface area contributed by atoms with Crippen LogP contribution in [-0.4, -0.2) is 24.6 Å². The quantitative estimate of drug-likeness (QED) is 0.590. The first-order valence-corrected chi connectivity index (χ1v) is 10.9. The molecule has 1 heterocycles. The first-order chi connectivity index (χ1) is 13.1. The van der Waals surface area contributed by atoms with E-state index in [9.17, 15) is 12.8 Å².